The molecule has 40 heavy (non-hydrogen) atoms. The summed E-state index contributed by atoms with van der Waals surface area (Å²) < 4.78 is 10.9. The van der Waals surface area contributed by atoms with Crippen LogP contribution in [0.5, 0.6) is 5.75 Å². The fourth-order valence-electron chi connectivity index (χ4n) is 4.69. The Labute approximate surface area is 236 Å². The molecule has 3 aromatic carbocycles. The van der Waals surface area contributed by atoms with Crippen molar-refractivity contribution in [3.05, 3.63) is 90.0 Å². The van der Waals surface area contributed by atoms with E-state index in [0.29, 0.717) is 31.0 Å². The lowest BCUT2D eigenvalue weighted by Crippen LogP contribution is -2.47. The first-order valence-electron chi connectivity index (χ1n) is 13.8. The van der Waals surface area contributed by atoms with E-state index in [2.05, 4.69) is 26.5 Å². The number of hydrogen-bond acceptors (Lipinski definition) is 6. The summed E-state index contributed by atoms with van der Waals surface area (Å²) in [6.45, 7) is 6.78. The number of methoxy groups -OCH3 is 1. The summed E-state index contributed by atoms with van der Waals surface area (Å²) in [6, 6.07) is 23.2. The molecule has 8 heteroatoms. The van der Waals surface area contributed by atoms with Gasteiger partial charge in [-0.2, -0.15) is 0 Å². The first-order valence-corrected chi connectivity index (χ1v) is 13.8. The van der Waals surface area contributed by atoms with E-state index in [1.807, 2.05) is 67.6 Å². The van der Waals surface area contributed by atoms with Crippen molar-refractivity contribution in [1.82, 2.24) is 5.32 Å². The Balaban J connectivity index is 1.48. The fourth-order valence-corrected chi connectivity index (χ4v) is 4.69. The van der Waals surface area contributed by atoms with Crippen LogP contribution in [-0.4, -0.2) is 64.9 Å². The highest BCUT2D eigenvalue weighted by molar-refractivity contribution is 6.05. The van der Waals surface area contributed by atoms with Crippen LogP contribution < -0.4 is 25.2 Å². The van der Waals surface area contributed by atoms with Gasteiger partial charge in [0, 0.05) is 63.4 Å². The Morgan fingerprint density at radius 1 is 0.900 bits per heavy atom. The molecule has 0 unspecified atom stereocenters. The Bertz CT molecular complexity index is 1290. The van der Waals surface area contributed by atoms with Gasteiger partial charge in [0.15, 0.2) is 0 Å². The highest BCUT2D eigenvalue weighted by Crippen LogP contribution is 2.31. The third-order valence-corrected chi connectivity index (χ3v) is 6.74. The van der Waals surface area contributed by atoms with Gasteiger partial charge in [-0.1, -0.05) is 42.5 Å². The molecule has 0 aromatic heterocycles. The summed E-state index contributed by atoms with van der Waals surface area (Å²) in [5.74, 6) is 0.421. The number of hydrogen-bond donors (Lipinski definition) is 2. The lowest BCUT2D eigenvalue weighted by Gasteiger charge is -2.38. The molecular formula is C32H38N4O4. The van der Waals surface area contributed by atoms with E-state index >= 15 is 0 Å². The second kappa shape index (κ2) is 14.7. The maximum Gasteiger partial charge on any atom is 0.253 e. The number of amides is 2. The number of rotatable bonds is 12. The van der Waals surface area contributed by atoms with Crippen LogP contribution in [0.3, 0.4) is 0 Å². The highest BCUT2D eigenvalue weighted by atomic mass is 16.5. The number of benzene rings is 3. The quantitative estimate of drug-likeness (QED) is 0.252. The molecular weight excluding hydrogens is 504 g/mol. The van der Waals surface area contributed by atoms with Gasteiger partial charge < -0.3 is 29.9 Å². The predicted octanol–water partition coefficient (Wildman–Crippen LogP) is 4.83. The largest absolute Gasteiger partial charge is 0.495 e. The van der Waals surface area contributed by atoms with E-state index in [0.717, 1.165) is 55.3 Å². The number of carbonyl (C=O) groups excluding carboxylic acids is 2. The van der Waals surface area contributed by atoms with Gasteiger partial charge in [-0.3, -0.25) is 9.59 Å². The SMILES string of the molecule is CCOCCCNC(=O)c1cc(NC(=O)C=Cc2ccccc2)ccc1N1CCN(c2ccccc2OC)CC1. The molecule has 2 amide bonds. The molecule has 0 spiro atoms. The second-order valence-electron chi connectivity index (χ2n) is 9.42. The Morgan fingerprint density at radius 2 is 1.60 bits per heavy atom. The van der Waals surface area contributed by atoms with Gasteiger partial charge in [-0.15, -0.1) is 0 Å². The third kappa shape index (κ3) is 7.86. The van der Waals surface area contributed by atoms with Crippen LogP contribution in [0.15, 0.2) is 78.9 Å². The van der Waals surface area contributed by atoms with E-state index in [1.165, 1.54) is 6.08 Å². The molecule has 4 rings (SSSR count). The Kier molecular flexibility index (Phi) is 10.6. The van der Waals surface area contributed by atoms with Gasteiger partial charge in [-0.05, 0) is 55.3 Å². The van der Waals surface area contributed by atoms with E-state index in [-0.39, 0.29) is 11.8 Å². The van der Waals surface area contributed by atoms with Crippen molar-refractivity contribution in [1.29, 1.82) is 0 Å². The summed E-state index contributed by atoms with van der Waals surface area (Å²) >= 11 is 0. The van der Waals surface area contributed by atoms with Crippen LogP contribution in [0.25, 0.3) is 6.08 Å². The molecule has 210 valence electrons. The van der Waals surface area contributed by atoms with Crippen molar-refractivity contribution in [2.45, 2.75) is 13.3 Å². The highest BCUT2D eigenvalue weighted by Gasteiger charge is 2.23. The average Bonchev–Trinajstić information content (AvgIpc) is 3.00. The zero-order valence-corrected chi connectivity index (χ0v) is 23.3. The number of para-hydroxylation sites is 2. The van der Waals surface area contributed by atoms with Gasteiger partial charge in [0.2, 0.25) is 5.91 Å². The van der Waals surface area contributed by atoms with Gasteiger partial charge >= 0.3 is 0 Å². The molecule has 1 fully saturated rings. The van der Waals surface area contributed by atoms with Crippen LogP contribution in [0.4, 0.5) is 17.1 Å². The van der Waals surface area contributed by atoms with Crippen LogP contribution in [0.1, 0.15) is 29.3 Å². The number of anilines is 3. The molecule has 1 saturated heterocycles. The lowest BCUT2D eigenvalue weighted by molar-refractivity contribution is -0.111. The summed E-state index contributed by atoms with van der Waals surface area (Å²) in [4.78, 5) is 30.5. The van der Waals surface area contributed by atoms with Crippen molar-refractivity contribution < 1.29 is 19.1 Å². The van der Waals surface area contributed by atoms with Crippen molar-refractivity contribution in [3.8, 4) is 5.75 Å². The van der Waals surface area contributed by atoms with E-state index in [1.54, 1.807) is 19.3 Å². The number of piperazine rings is 1. The normalized spacial score (nSPS) is 13.3. The summed E-state index contributed by atoms with van der Waals surface area (Å²) in [5.41, 5.74) is 3.95. The molecule has 1 aliphatic heterocycles. The molecule has 3 aromatic rings. The standard InChI is InChI=1S/C32H38N4O4/c1-3-40-23-9-18-33-32(38)27-24-26(34-31(37)17-14-25-10-5-4-6-11-25)15-16-28(27)35-19-21-36(22-20-35)29-12-7-8-13-30(29)39-2/h4-8,10-17,24H,3,9,18-23H2,1-2H3,(H,33,38)(H,34,37). The zero-order valence-electron chi connectivity index (χ0n) is 23.3. The topological polar surface area (TPSA) is 83.1 Å². The van der Waals surface area contributed by atoms with Gasteiger partial charge in [-0.25, -0.2) is 0 Å². The maximum atomic E-state index is 13.3. The van der Waals surface area contributed by atoms with Crippen LogP contribution >= 0.6 is 0 Å². The molecule has 2 N–H and O–H groups in total. The molecule has 0 radical (unpaired) electrons. The van der Waals surface area contributed by atoms with Crippen molar-refractivity contribution >= 4 is 35.0 Å². The van der Waals surface area contributed by atoms with Crippen molar-refractivity contribution in [2.75, 3.05) is 68.2 Å². The molecule has 1 heterocycles. The molecule has 0 saturated carbocycles. The monoisotopic (exact) mass is 542 g/mol. The van der Waals surface area contributed by atoms with E-state index < -0.39 is 0 Å². The van der Waals surface area contributed by atoms with Crippen LogP contribution in [0.2, 0.25) is 0 Å². The molecule has 1 aliphatic rings. The molecule has 0 bridgehead atoms. The average molecular weight is 543 g/mol. The second-order valence-corrected chi connectivity index (χ2v) is 9.42. The first kappa shape index (κ1) is 28.7. The summed E-state index contributed by atoms with van der Waals surface area (Å²) in [6.07, 6.45) is 3.98. The maximum absolute atomic E-state index is 13.3. The predicted molar refractivity (Wildman–Crippen MR) is 161 cm³/mol. The minimum absolute atomic E-state index is 0.172. The fraction of sp³-hybridized carbons (Fsp3) is 0.312. The van der Waals surface area contributed by atoms with E-state index in [4.69, 9.17) is 9.47 Å². The Hall–Kier alpha value is -4.30. The van der Waals surface area contributed by atoms with Crippen LogP contribution in [-0.2, 0) is 9.53 Å². The lowest BCUT2D eigenvalue weighted by atomic mass is 10.1. The minimum atomic E-state index is -0.259. The number of nitrogens with one attached hydrogen (secondary N) is 2. The molecule has 0 atom stereocenters. The van der Waals surface area contributed by atoms with Gasteiger partial charge in [0.05, 0.1) is 18.4 Å². The van der Waals surface area contributed by atoms with E-state index in [9.17, 15) is 9.59 Å². The third-order valence-electron chi connectivity index (χ3n) is 6.74. The number of ether oxygens (including phenoxy) is 2. The van der Waals surface area contributed by atoms with Gasteiger partial charge in [0.1, 0.15) is 5.75 Å². The summed E-state index contributed by atoms with van der Waals surface area (Å²) in [5, 5.41) is 5.91. The van der Waals surface area contributed by atoms with Gasteiger partial charge in [0.25, 0.3) is 5.91 Å². The molecule has 8 nitrogen and oxygen atoms in total. The van der Waals surface area contributed by atoms with Crippen molar-refractivity contribution in [3.63, 3.8) is 0 Å². The van der Waals surface area contributed by atoms with Crippen LogP contribution in [0, 0.1) is 0 Å². The summed E-state index contributed by atoms with van der Waals surface area (Å²) in [7, 11) is 1.69. The Morgan fingerprint density at radius 3 is 2.33 bits per heavy atom. The smallest absolute Gasteiger partial charge is 0.253 e. The number of carbonyl (C=O) groups is 2. The first-order chi connectivity index (χ1) is 19.6. The minimum Gasteiger partial charge on any atom is -0.495 e. The zero-order chi connectivity index (χ0) is 28.2. The number of nitrogens with zero attached hydrogens (tertiary/aromatic N) is 2. The van der Waals surface area contributed by atoms with Crippen molar-refractivity contribution in [2.24, 2.45) is 0 Å². The molecule has 0 aliphatic carbocycles.